The van der Waals surface area contributed by atoms with E-state index in [-0.39, 0.29) is 12.5 Å². The van der Waals surface area contributed by atoms with Gasteiger partial charge in [0.05, 0.1) is 17.5 Å². The fourth-order valence-corrected chi connectivity index (χ4v) is 2.07. The first kappa shape index (κ1) is 12.5. The Bertz CT molecular complexity index is 547. The lowest BCUT2D eigenvalue weighted by Crippen LogP contribution is -2.13. The van der Waals surface area contributed by atoms with Crippen LogP contribution in [0.1, 0.15) is 6.42 Å². The zero-order valence-corrected chi connectivity index (χ0v) is 10.8. The molecule has 1 aromatic heterocycles. The van der Waals surface area contributed by atoms with Crippen molar-refractivity contribution in [3.05, 3.63) is 21.8 Å². The van der Waals surface area contributed by atoms with E-state index in [1.807, 2.05) is 6.07 Å². The first-order chi connectivity index (χ1) is 7.87. The van der Waals surface area contributed by atoms with Crippen LogP contribution in [0.5, 0.6) is 0 Å². The Kier molecular flexibility index (Phi) is 3.19. The molecule has 0 saturated heterocycles. The minimum absolute atomic E-state index is 0.117. The Balaban J connectivity index is 2.36. The average Bonchev–Trinajstić information content (AvgIpc) is 2.48. The third-order valence-electron chi connectivity index (χ3n) is 2.36. The number of fused-ring (bicyclic) bond motifs is 1. The maximum Gasteiger partial charge on any atom is 0.390 e. The lowest BCUT2D eigenvalue weighted by atomic mass is 10.3. The van der Waals surface area contributed by atoms with E-state index in [4.69, 9.17) is 5.73 Å². The molecule has 0 amide bonds. The summed E-state index contributed by atoms with van der Waals surface area (Å²) < 4.78 is 38.9. The van der Waals surface area contributed by atoms with E-state index in [0.717, 1.165) is 3.57 Å². The molecule has 0 unspecified atom stereocenters. The van der Waals surface area contributed by atoms with Crippen molar-refractivity contribution in [2.45, 2.75) is 19.1 Å². The number of nitrogens with zero attached hydrogens (tertiary/aromatic N) is 2. The first-order valence-electron chi connectivity index (χ1n) is 4.85. The quantitative estimate of drug-likeness (QED) is 0.841. The Morgan fingerprint density at radius 2 is 2.06 bits per heavy atom. The zero-order valence-electron chi connectivity index (χ0n) is 8.63. The monoisotopic (exact) mass is 355 g/mol. The highest BCUT2D eigenvalue weighted by atomic mass is 127. The molecule has 1 aromatic carbocycles. The summed E-state index contributed by atoms with van der Waals surface area (Å²) in [5.74, 6) is 0.117. The molecular formula is C10H9F3IN3. The maximum atomic E-state index is 12.2. The van der Waals surface area contributed by atoms with Crippen molar-refractivity contribution >= 4 is 39.6 Å². The molecule has 92 valence electrons. The van der Waals surface area contributed by atoms with Crippen LogP contribution in [0.4, 0.5) is 19.1 Å². The van der Waals surface area contributed by atoms with Gasteiger partial charge in [-0.25, -0.2) is 4.98 Å². The molecule has 2 rings (SSSR count). The summed E-state index contributed by atoms with van der Waals surface area (Å²) in [6.07, 6.45) is -5.10. The van der Waals surface area contributed by atoms with Crippen LogP contribution in [0, 0.1) is 3.57 Å². The highest BCUT2D eigenvalue weighted by molar-refractivity contribution is 14.1. The van der Waals surface area contributed by atoms with Crippen LogP contribution in [-0.2, 0) is 6.54 Å². The number of nitrogens with two attached hydrogens (primary N) is 1. The summed E-state index contributed by atoms with van der Waals surface area (Å²) in [5.41, 5.74) is 6.87. The van der Waals surface area contributed by atoms with Crippen LogP contribution in [0.3, 0.4) is 0 Å². The number of nitrogen functional groups attached to an aromatic ring is 1. The van der Waals surface area contributed by atoms with Gasteiger partial charge in [-0.15, -0.1) is 0 Å². The smallest absolute Gasteiger partial charge is 0.369 e. The number of hydrogen-bond acceptors (Lipinski definition) is 2. The molecule has 2 aromatic rings. The topological polar surface area (TPSA) is 43.8 Å². The third kappa shape index (κ3) is 2.82. The average molecular weight is 355 g/mol. The van der Waals surface area contributed by atoms with E-state index in [1.165, 1.54) is 4.57 Å². The molecular weight excluding hydrogens is 346 g/mol. The van der Waals surface area contributed by atoms with Gasteiger partial charge < -0.3 is 10.3 Å². The van der Waals surface area contributed by atoms with Crippen molar-refractivity contribution in [2.24, 2.45) is 0 Å². The number of benzene rings is 1. The van der Waals surface area contributed by atoms with Gasteiger partial charge in [-0.1, -0.05) is 0 Å². The molecule has 0 aliphatic rings. The number of aromatic nitrogens is 2. The summed E-state index contributed by atoms with van der Waals surface area (Å²) >= 11 is 2.11. The number of rotatable bonds is 2. The van der Waals surface area contributed by atoms with Gasteiger partial charge in [0, 0.05) is 10.1 Å². The Hall–Kier alpha value is -0.990. The lowest BCUT2D eigenvalue weighted by Gasteiger charge is -2.08. The molecule has 0 aliphatic heterocycles. The number of halogens is 4. The predicted octanol–water partition coefficient (Wildman–Crippen LogP) is 3.18. The fraction of sp³-hybridized carbons (Fsp3) is 0.300. The van der Waals surface area contributed by atoms with E-state index < -0.39 is 12.6 Å². The standard InChI is InChI=1S/C10H9F3IN3/c11-10(12,13)3-4-17-8-2-1-6(14)5-7(8)16-9(17)15/h1-2,5H,3-4H2,(H2,15,16). The van der Waals surface area contributed by atoms with Gasteiger partial charge in [0.2, 0.25) is 5.95 Å². The SMILES string of the molecule is Nc1nc2cc(I)ccc2n1CCC(F)(F)F. The van der Waals surface area contributed by atoms with E-state index >= 15 is 0 Å². The van der Waals surface area contributed by atoms with Gasteiger partial charge in [0.15, 0.2) is 0 Å². The van der Waals surface area contributed by atoms with Crippen molar-refractivity contribution in [3.8, 4) is 0 Å². The van der Waals surface area contributed by atoms with Crippen molar-refractivity contribution in [3.63, 3.8) is 0 Å². The Morgan fingerprint density at radius 1 is 1.35 bits per heavy atom. The van der Waals surface area contributed by atoms with Gasteiger partial charge in [-0.3, -0.25) is 0 Å². The highest BCUT2D eigenvalue weighted by Crippen LogP contribution is 2.25. The summed E-state index contributed by atoms with van der Waals surface area (Å²) in [6.45, 7) is -0.202. The second-order valence-corrected chi connectivity index (χ2v) is 4.87. The number of aryl methyl sites for hydroxylation is 1. The van der Waals surface area contributed by atoms with Gasteiger partial charge in [-0.2, -0.15) is 13.2 Å². The number of imidazole rings is 1. The molecule has 17 heavy (non-hydrogen) atoms. The van der Waals surface area contributed by atoms with E-state index in [1.54, 1.807) is 12.1 Å². The van der Waals surface area contributed by atoms with Crippen molar-refractivity contribution in [1.29, 1.82) is 0 Å². The maximum absolute atomic E-state index is 12.2. The largest absolute Gasteiger partial charge is 0.390 e. The Labute approximate surface area is 109 Å². The van der Waals surface area contributed by atoms with Crippen LogP contribution in [-0.4, -0.2) is 15.7 Å². The van der Waals surface area contributed by atoms with Gasteiger partial charge in [0.25, 0.3) is 0 Å². The second kappa shape index (κ2) is 4.35. The Morgan fingerprint density at radius 3 is 2.71 bits per heavy atom. The fourth-order valence-electron chi connectivity index (χ4n) is 1.60. The minimum Gasteiger partial charge on any atom is -0.369 e. The van der Waals surface area contributed by atoms with Crippen LogP contribution < -0.4 is 5.73 Å². The molecule has 0 bridgehead atoms. The van der Waals surface area contributed by atoms with E-state index in [9.17, 15) is 13.2 Å². The van der Waals surface area contributed by atoms with Gasteiger partial charge in [-0.05, 0) is 40.8 Å². The summed E-state index contributed by atoms with van der Waals surface area (Å²) in [4.78, 5) is 4.04. The summed E-state index contributed by atoms with van der Waals surface area (Å²) in [6, 6.07) is 5.33. The van der Waals surface area contributed by atoms with Crippen LogP contribution in [0.25, 0.3) is 11.0 Å². The first-order valence-corrected chi connectivity index (χ1v) is 5.93. The molecule has 0 fully saturated rings. The van der Waals surface area contributed by atoms with Crippen molar-refractivity contribution in [2.75, 3.05) is 5.73 Å². The van der Waals surface area contributed by atoms with Gasteiger partial charge >= 0.3 is 6.18 Å². The molecule has 0 saturated carbocycles. The molecule has 2 N–H and O–H groups in total. The third-order valence-corrected chi connectivity index (χ3v) is 3.03. The molecule has 1 heterocycles. The van der Waals surface area contributed by atoms with Crippen LogP contribution in [0.2, 0.25) is 0 Å². The molecule has 0 radical (unpaired) electrons. The number of alkyl halides is 3. The van der Waals surface area contributed by atoms with E-state index in [0.29, 0.717) is 11.0 Å². The molecule has 0 spiro atoms. The molecule has 3 nitrogen and oxygen atoms in total. The van der Waals surface area contributed by atoms with Gasteiger partial charge in [0.1, 0.15) is 0 Å². The predicted molar refractivity (Wildman–Crippen MR) is 67.5 cm³/mol. The van der Waals surface area contributed by atoms with Crippen LogP contribution in [0.15, 0.2) is 18.2 Å². The van der Waals surface area contributed by atoms with Crippen molar-refractivity contribution in [1.82, 2.24) is 9.55 Å². The second-order valence-electron chi connectivity index (χ2n) is 3.62. The van der Waals surface area contributed by atoms with Crippen LogP contribution >= 0.6 is 22.6 Å². The summed E-state index contributed by atoms with van der Waals surface area (Å²) in [5, 5.41) is 0. The molecule has 0 atom stereocenters. The molecule has 0 aliphatic carbocycles. The summed E-state index contributed by atoms with van der Waals surface area (Å²) in [7, 11) is 0. The van der Waals surface area contributed by atoms with Crippen molar-refractivity contribution < 1.29 is 13.2 Å². The number of anilines is 1. The highest BCUT2D eigenvalue weighted by Gasteiger charge is 2.27. The normalized spacial score (nSPS) is 12.2. The zero-order chi connectivity index (χ0) is 12.6. The van der Waals surface area contributed by atoms with E-state index in [2.05, 4.69) is 27.6 Å². The minimum atomic E-state index is -4.19. The number of hydrogen-bond donors (Lipinski definition) is 1. The lowest BCUT2D eigenvalue weighted by molar-refractivity contribution is -0.136. The molecule has 7 heteroatoms.